The molecule has 0 aromatic heterocycles. The lowest BCUT2D eigenvalue weighted by atomic mass is 9.76. The predicted octanol–water partition coefficient (Wildman–Crippen LogP) is 13.0. The maximum atomic E-state index is 15.5. The van der Waals surface area contributed by atoms with Crippen LogP contribution in [0, 0.1) is 0 Å². The van der Waals surface area contributed by atoms with Gasteiger partial charge >= 0.3 is 7.82 Å². The van der Waals surface area contributed by atoms with E-state index in [0.717, 1.165) is 27.8 Å². The van der Waals surface area contributed by atoms with Gasteiger partial charge in [0, 0.05) is 23.1 Å². The summed E-state index contributed by atoms with van der Waals surface area (Å²) >= 11 is 0. The predicted molar refractivity (Wildman–Crippen MR) is 204 cm³/mol. The maximum absolute atomic E-state index is 15.5. The van der Waals surface area contributed by atoms with Crippen molar-refractivity contribution < 1.29 is 18.1 Å². The molecule has 1 aliphatic rings. The summed E-state index contributed by atoms with van der Waals surface area (Å²) in [6.45, 7) is 39.5. The van der Waals surface area contributed by atoms with Crippen molar-refractivity contribution in [2.24, 2.45) is 0 Å². The smallest absolute Gasteiger partial charge is 0.386 e. The second-order valence-corrected chi connectivity index (χ2v) is 21.6. The second kappa shape index (κ2) is 12.0. The van der Waals surface area contributed by atoms with Crippen LogP contribution < -0.4 is 13.6 Å². The molecule has 5 heteroatoms. The molecule has 264 valence electrons. The topological polar surface area (TPSA) is 44.8 Å². The van der Waals surface area contributed by atoms with Gasteiger partial charge in [-0.1, -0.05) is 161 Å². The van der Waals surface area contributed by atoms with Crippen LogP contribution in [0.25, 0.3) is 0 Å². The summed E-state index contributed by atoms with van der Waals surface area (Å²) in [5.41, 5.74) is 7.38. The molecule has 0 saturated heterocycles. The van der Waals surface area contributed by atoms with Gasteiger partial charge in [-0.25, -0.2) is 0 Å². The fraction of sp³-hybridized carbons (Fsp3) is 0.581. The van der Waals surface area contributed by atoms with E-state index in [9.17, 15) is 0 Å². The molecule has 0 radical (unpaired) electrons. The quantitative estimate of drug-likeness (QED) is 0.254. The Labute approximate surface area is 293 Å². The molecule has 0 fully saturated rings. The van der Waals surface area contributed by atoms with Crippen molar-refractivity contribution >= 4 is 7.82 Å². The Hall–Kier alpha value is -2.71. The zero-order chi connectivity index (χ0) is 36.6. The molecular weight excluding hydrogens is 611 g/mol. The first-order chi connectivity index (χ1) is 21.4. The molecule has 0 aliphatic carbocycles. The molecule has 1 aliphatic heterocycles. The summed E-state index contributed by atoms with van der Waals surface area (Å²) in [6, 6.07) is 15.1. The number of fused-ring (bicyclic) bond motifs is 2. The van der Waals surface area contributed by atoms with Crippen molar-refractivity contribution in [3.63, 3.8) is 0 Å². The van der Waals surface area contributed by atoms with Crippen molar-refractivity contribution in [2.75, 3.05) is 0 Å². The van der Waals surface area contributed by atoms with E-state index in [1.807, 2.05) is 6.07 Å². The molecule has 0 unspecified atom stereocenters. The number of phosphoric ester groups is 1. The molecular formula is C43H63O4P. The lowest BCUT2D eigenvalue weighted by Crippen LogP contribution is -2.24. The second-order valence-electron chi connectivity index (χ2n) is 20.1. The Bertz CT molecular complexity index is 1650. The SMILES string of the molecule is CC(C)(C)c1ccc(OP2(=O)Oc3c(cc(C(C)(C)C)cc3C(C)(C)C)Cc3cc(C(C)(C)C)cc(C(C)(C)C)c3O2)c(C(C)(C)C)c1. The van der Waals surface area contributed by atoms with Crippen LogP contribution in [0.2, 0.25) is 0 Å². The average Bonchev–Trinajstić information content (AvgIpc) is 2.85. The van der Waals surface area contributed by atoms with E-state index >= 15 is 4.57 Å². The van der Waals surface area contributed by atoms with Gasteiger partial charge in [-0.3, -0.25) is 0 Å². The number of benzene rings is 3. The third-order valence-electron chi connectivity index (χ3n) is 9.33. The Morgan fingerprint density at radius 2 is 0.833 bits per heavy atom. The molecule has 0 amide bonds. The van der Waals surface area contributed by atoms with Gasteiger partial charge in [0.15, 0.2) is 0 Å². The first kappa shape index (κ1) is 38.1. The molecule has 0 spiro atoms. The van der Waals surface area contributed by atoms with Crippen LogP contribution in [0.5, 0.6) is 17.2 Å². The Morgan fingerprint density at radius 1 is 0.479 bits per heavy atom. The summed E-state index contributed by atoms with van der Waals surface area (Å²) in [5, 5.41) is 0. The van der Waals surface area contributed by atoms with Crippen molar-refractivity contribution in [1.29, 1.82) is 0 Å². The van der Waals surface area contributed by atoms with Gasteiger partial charge in [0.05, 0.1) is 0 Å². The highest BCUT2D eigenvalue weighted by Crippen LogP contribution is 2.58. The highest BCUT2D eigenvalue weighted by atomic mass is 31.2. The molecule has 3 aromatic carbocycles. The minimum Gasteiger partial charge on any atom is -0.386 e. The number of hydrogen-bond acceptors (Lipinski definition) is 4. The van der Waals surface area contributed by atoms with Crippen LogP contribution in [0.15, 0.2) is 42.5 Å². The summed E-state index contributed by atoms with van der Waals surface area (Å²) in [5.74, 6) is 1.69. The lowest BCUT2D eigenvalue weighted by Gasteiger charge is -2.35. The fourth-order valence-corrected chi connectivity index (χ4v) is 7.49. The lowest BCUT2D eigenvalue weighted by molar-refractivity contribution is 0.286. The van der Waals surface area contributed by atoms with Crippen molar-refractivity contribution in [3.05, 3.63) is 87.0 Å². The maximum Gasteiger partial charge on any atom is 0.647 e. The van der Waals surface area contributed by atoms with Crippen LogP contribution in [-0.4, -0.2) is 0 Å². The van der Waals surface area contributed by atoms with Gasteiger partial charge in [0.2, 0.25) is 0 Å². The van der Waals surface area contributed by atoms with Gasteiger partial charge in [0.25, 0.3) is 0 Å². The summed E-state index contributed by atoms with van der Waals surface area (Å²) in [6.07, 6.45) is 0.582. The number of hydrogen-bond donors (Lipinski definition) is 0. The van der Waals surface area contributed by atoms with Crippen molar-refractivity contribution in [2.45, 2.75) is 164 Å². The van der Waals surface area contributed by atoms with Gasteiger partial charge in [0.1, 0.15) is 17.2 Å². The van der Waals surface area contributed by atoms with E-state index in [0.29, 0.717) is 23.7 Å². The summed E-state index contributed by atoms with van der Waals surface area (Å²) in [7, 11) is -4.33. The minimum absolute atomic E-state index is 0.0628. The summed E-state index contributed by atoms with van der Waals surface area (Å²) in [4.78, 5) is 0. The highest BCUT2D eigenvalue weighted by molar-refractivity contribution is 7.49. The van der Waals surface area contributed by atoms with Crippen LogP contribution in [0.1, 0.15) is 169 Å². The first-order valence-electron chi connectivity index (χ1n) is 17.6. The van der Waals surface area contributed by atoms with E-state index < -0.39 is 7.82 Å². The standard InChI is InChI=1S/C43H63O4P/c1-38(2,3)29-19-20-35(32(24-29)41(10,11)12)45-48(44)46-36-27(22-30(39(4,5)6)25-33(36)42(13,14)15)21-28-23-31(40(7,8)9)26-34(37(28)47-48)43(16,17)18/h19-20,22-26H,21H2,1-18H3. The number of phosphoric acid groups is 1. The Kier molecular flexibility index (Phi) is 9.50. The zero-order valence-corrected chi connectivity index (χ0v) is 34.2. The highest BCUT2D eigenvalue weighted by Gasteiger charge is 2.42. The Morgan fingerprint density at radius 3 is 1.17 bits per heavy atom. The van der Waals surface area contributed by atoms with E-state index in [1.54, 1.807) is 0 Å². The van der Waals surface area contributed by atoms with Crippen LogP contribution in [0.4, 0.5) is 0 Å². The van der Waals surface area contributed by atoms with Crippen molar-refractivity contribution in [3.8, 4) is 17.2 Å². The van der Waals surface area contributed by atoms with Crippen LogP contribution in [0.3, 0.4) is 0 Å². The monoisotopic (exact) mass is 674 g/mol. The van der Waals surface area contributed by atoms with Gasteiger partial charge < -0.3 is 13.6 Å². The van der Waals surface area contributed by atoms with E-state index in [4.69, 9.17) is 13.6 Å². The largest absolute Gasteiger partial charge is 0.647 e. The molecule has 48 heavy (non-hydrogen) atoms. The molecule has 1 heterocycles. The van der Waals surface area contributed by atoms with Crippen LogP contribution >= 0.6 is 7.82 Å². The zero-order valence-electron chi connectivity index (χ0n) is 33.3. The molecule has 4 rings (SSSR count). The van der Waals surface area contributed by atoms with Gasteiger partial charge in [-0.05, 0) is 66.4 Å². The van der Waals surface area contributed by atoms with Gasteiger partial charge in [-0.15, -0.1) is 0 Å². The van der Waals surface area contributed by atoms with Crippen LogP contribution in [-0.2, 0) is 43.5 Å². The molecule has 0 N–H and O–H groups in total. The average molecular weight is 675 g/mol. The third-order valence-corrected chi connectivity index (χ3v) is 10.6. The number of rotatable bonds is 2. The summed E-state index contributed by atoms with van der Waals surface area (Å²) < 4.78 is 35.7. The van der Waals surface area contributed by atoms with Crippen molar-refractivity contribution in [1.82, 2.24) is 0 Å². The normalized spacial score (nSPS) is 15.8. The first-order valence-corrected chi connectivity index (χ1v) is 19.1. The molecule has 0 bridgehead atoms. The molecule has 0 atom stereocenters. The Balaban J connectivity index is 2.11. The fourth-order valence-electron chi connectivity index (χ4n) is 6.10. The molecule has 3 aromatic rings. The third kappa shape index (κ3) is 8.18. The minimum atomic E-state index is -4.33. The van der Waals surface area contributed by atoms with Gasteiger partial charge in [-0.2, -0.15) is 4.57 Å². The van der Waals surface area contributed by atoms with E-state index in [-0.39, 0.29) is 32.5 Å². The molecule has 4 nitrogen and oxygen atoms in total. The molecule has 0 saturated carbocycles. The van der Waals surface area contributed by atoms with E-state index in [2.05, 4.69) is 161 Å². The van der Waals surface area contributed by atoms with E-state index in [1.165, 1.54) is 16.7 Å².